The molecule has 1 heterocycles. The van der Waals surface area contributed by atoms with Gasteiger partial charge in [0.2, 0.25) is 0 Å². The Morgan fingerprint density at radius 3 is 2.61 bits per heavy atom. The zero-order valence-corrected chi connectivity index (χ0v) is 21.6. The molecule has 1 fully saturated rings. The first-order valence-corrected chi connectivity index (χ1v) is 12.8. The molecule has 1 aliphatic carbocycles. The number of halogens is 2. The molecule has 7 heteroatoms. The summed E-state index contributed by atoms with van der Waals surface area (Å²) in [4.78, 5) is 17.0. The highest BCUT2D eigenvalue weighted by Crippen LogP contribution is 2.43. The number of oxime groups is 1. The lowest BCUT2D eigenvalue weighted by atomic mass is 9.74. The first kappa shape index (κ1) is 27.1. The van der Waals surface area contributed by atoms with Crippen LogP contribution in [0.15, 0.2) is 64.9 Å². The Labute approximate surface area is 221 Å². The van der Waals surface area contributed by atoms with Crippen LogP contribution in [-0.4, -0.2) is 29.0 Å². The summed E-state index contributed by atoms with van der Waals surface area (Å²) in [6, 6.07) is 9.30. The fourth-order valence-corrected chi connectivity index (χ4v) is 5.17. The van der Waals surface area contributed by atoms with Gasteiger partial charge in [0.25, 0.3) is 0 Å². The Balaban J connectivity index is 1.45. The lowest BCUT2D eigenvalue weighted by Crippen LogP contribution is -2.35. The van der Waals surface area contributed by atoms with Gasteiger partial charge in [-0.2, -0.15) is 0 Å². The number of ether oxygens (including phenoxy) is 1. The van der Waals surface area contributed by atoms with Gasteiger partial charge in [-0.1, -0.05) is 23.2 Å². The predicted octanol–water partition coefficient (Wildman–Crippen LogP) is 6.87. The minimum Gasteiger partial charge on any atom is -0.494 e. The average molecular weight is 520 g/mol. The van der Waals surface area contributed by atoms with Crippen LogP contribution in [0.2, 0.25) is 0 Å². The number of allylic oxidation sites excluding steroid dienone is 3. The zero-order chi connectivity index (χ0) is 27.3. The second-order valence-electron chi connectivity index (χ2n) is 9.89. The summed E-state index contributed by atoms with van der Waals surface area (Å²) in [5, 5.41) is 13.4. The molecule has 0 amide bonds. The number of hydrogen-bond donors (Lipinski definition) is 1. The molecule has 5 nitrogen and oxygen atoms in total. The van der Waals surface area contributed by atoms with Gasteiger partial charge in [0, 0.05) is 18.1 Å². The third kappa shape index (κ3) is 6.13. The summed E-state index contributed by atoms with van der Waals surface area (Å²) in [5.41, 5.74) is 3.21. The lowest BCUT2D eigenvalue weighted by Gasteiger charge is -2.35. The van der Waals surface area contributed by atoms with Crippen LogP contribution >= 0.6 is 0 Å². The van der Waals surface area contributed by atoms with Crippen molar-refractivity contribution in [1.29, 1.82) is 0 Å². The van der Waals surface area contributed by atoms with Crippen molar-refractivity contribution in [3.8, 4) is 29.2 Å². The van der Waals surface area contributed by atoms with E-state index in [1.165, 1.54) is 18.2 Å². The highest BCUT2D eigenvalue weighted by atomic mass is 19.1. The molecule has 1 N–H and O–H groups in total. The van der Waals surface area contributed by atoms with Gasteiger partial charge in [0.15, 0.2) is 0 Å². The van der Waals surface area contributed by atoms with Crippen LogP contribution in [0.3, 0.4) is 0 Å². The highest BCUT2D eigenvalue weighted by Gasteiger charge is 2.42. The molecule has 1 spiro atoms. The first-order valence-electron chi connectivity index (χ1n) is 12.8. The smallest absolute Gasteiger partial charge is 0.344 e. The molecule has 0 aromatic heterocycles. The van der Waals surface area contributed by atoms with E-state index in [0.29, 0.717) is 24.5 Å². The highest BCUT2D eigenvalue weighted by molar-refractivity contribution is 6.01. The minimum atomic E-state index is -1.15. The Hall–Kier alpha value is -3.92. The van der Waals surface area contributed by atoms with E-state index in [4.69, 9.17) is 21.1 Å². The summed E-state index contributed by atoms with van der Waals surface area (Å²) in [7, 11) is 0. The predicted molar refractivity (Wildman–Crippen MR) is 143 cm³/mol. The molecule has 0 radical (unpaired) electrons. The Morgan fingerprint density at radius 1 is 1.21 bits per heavy atom. The molecule has 2 aromatic rings. The summed E-state index contributed by atoms with van der Waals surface area (Å²) in [6.07, 6.45) is 13.2. The van der Waals surface area contributed by atoms with Crippen LogP contribution in [0.1, 0.15) is 51.5 Å². The van der Waals surface area contributed by atoms with Gasteiger partial charge in [0.05, 0.1) is 12.3 Å². The maximum Gasteiger partial charge on any atom is 0.344 e. The fourth-order valence-electron chi connectivity index (χ4n) is 5.17. The van der Waals surface area contributed by atoms with Crippen LogP contribution < -0.4 is 4.74 Å². The molecule has 2 aliphatic rings. The van der Waals surface area contributed by atoms with Gasteiger partial charge in [0.1, 0.15) is 28.6 Å². The van der Waals surface area contributed by atoms with E-state index in [2.05, 4.69) is 11.1 Å². The first-order chi connectivity index (χ1) is 18.2. The molecular weight excluding hydrogens is 488 g/mol. The van der Waals surface area contributed by atoms with Crippen LogP contribution in [0, 0.1) is 29.9 Å². The monoisotopic (exact) mass is 519 g/mol. The van der Waals surface area contributed by atoms with Crippen molar-refractivity contribution in [2.75, 3.05) is 6.61 Å². The molecule has 1 saturated carbocycles. The lowest BCUT2D eigenvalue weighted by molar-refractivity contribution is -0.132. The van der Waals surface area contributed by atoms with Crippen molar-refractivity contribution < 1.29 is 28.3 Å². The summed E-state index contributed by atoms with van der Waals surface area (Å²) in [5.74, 6) is 0.916. The van der Waals surface area contributed by atoms with Crippen LogP contribution in [0.25, 0.3) is 11.1 Å². The summed E-state index contributed by atoms with van der Waals surface area (Å²) >= 11 is 0. The number of carboxylic acids is 1. The van der Waals surface area contributed by atoms with Crippen molar-refractivity contribution in [2.45, 2.75) is 58.0 Å². The van der Waals surface area contributed by atoms with Crippen LogP contribution in [0.5, 0.6) is 5.75 Å². The Bertz CT molecular complexity index is 1340. The molecule has 0 saturated heterocycles. The molecule has 0 bridgehead atoms. The molecular formula is C31H31F2NO4. The van der Waals surface area contributed by atoms with Crippen molar-refractivity contribution in [3.05, 3.63) is 76.9 Å². The number of rotatable bonds is 8. The molecule has 4 rings (SSSR count). The van der Waals surface area contributed by atoms with Gasteiger partial charge < -0.3 is 14.7 Å². The number of aliphatic carboxylic acids is 1. The fraction of sp³-hybridized carbons (Fsp3) is 0.355. The van der Waals surface area contributed by atoms with Gasteiger partial charge >= 0.3 is 5.97 Å². The average Bonchev–Trinajstić information content (AvgIpc) is 3.30. The van der Waals surface area contributed by atoms with Crippen molar-refractivity contribution in [1.82, 2.24) is 0 Å². The number of terminal acetylenes is 1. The summed E-state index contributed by atoms with van der Waals surface area (Å²) < 4.78 is 33.9. The maximum atomic E-state index is 14.7. The number of nitrogens with zero attached hydrogens (tertiary/aromatic N) is 1. The van der Waals surface area contributed by atoms with Crippen LogP contribution in [0.4, 0.5) is 8.78 Å². The van der Waals surface area contributed by atoms with E-state index in [0.717, 1.165) is 66.3 Å². The molecule has 38 heavy (non-hydrogen) atoms. The number of carbonyl (C=O) groups is 1. The topological polar surface area (TPSA) is 68.1 Å². The SMILES string of the molecule is C#CC(=CC=C(C)C1=NOC2(CCC(Cc3cc(OCC)ccc3-c3ccc(F)cc3F)CC2)C1)C(=O)O. The van der Waals surface area contributed by atoms with Crippen LogP contribution in [-0.2, 0) is 16.1 Å². The standard InChI is InChI=1S/C31H31F2NO4/c1-4-22(30(35)36)7-6-20(3)29-19-31(38-34-29)14-12-21(13-15-31)16-23-17-25(37-5-2)9-11-26(23)27-10-8-24(32)18-28(27)33/h1,6-11,17-18,21H,5,12-16,19H2,2-3H3,(H,35,36). The van der Waals surface area contributed by atoms with Gasteiger partial charge in [-0.05, 0) is 98.9 Å². The molecule has 1 aliphatic heterocycles. The normalized spacial score (nSPS) is 21.6. The second-order valence-corrected chi connectivity index (χ2v) is 9.89. The minimum absolute atomic E-state index is 0.118. The van der Waals surface area contributed by atoms with Gasteiger partial charge in [-0.15, -0.1) is 6.42 Å². The quantitative estimate of drug-likeness (QED) is 0.235. The number of carboxylic acid groups (broad SMARTS) is 1. The van der Waals surface area contributed by atoms with E-state index >= 15 is 0 Å². The van der Waals surface area contributed by atoms with Crippen molar-refractivity contribution in [2.24, 2.45) is 11.1 Å². The van der Waals surface area contributed by atoms with Crippen molar-refractivity contribution in [3.63, 3.8) is 0 Å². The molecule has 2 aromatic carbocycles. The van der Waals surface area contributed by atoms with E-state index in [-0.39, 0.29) is 11.2 Å². The van der Waals surface area contributed by atoms with E-state index < -0.39 is 17.6 Å². The maximum absolute atomic E-state index is 14.7. The Morgan fingerprint density at radius 2 is 1.95 bits per heavy atom. The second kappa shape index (κ2) is 11.6. The molecule has 0 unspecified atom stereocenters. The Kier molecular flexibility index (Phi) is 8.31. The van der Waals surface area contributed by atoms with E-state index in [9.17, 15) is 13.6 Å². The van der Waals surface area contributed by atoms with Gasteiger partial charge in [-0.25, -0.2) is 13.6 Å². The largest absolute Gasteiger partial charge is 0.494 e. The van der Waals surface area contributed by atoms with E-state index in [1.54, 1.807) is 6.08 Å². The summed E-state index contributed by atoms with van der Waals surface area (Å²) in [6.45, 7) is 4.30. The third-order valence-corrected chi connectivity index (χ3v) is 7.31. The van der Waals surface area contributed by atoms with Gasteiger partial charge in [-0.3, -0.25) is 0 Å². The molecule has 198 valence electrons. The number of hydrogen-bond acceptors (Lipinski definition) is 4. The zero-order valence-electron chi connectivity index (χ0n) is 21.6. The number of benzene rings is 2. The van der Waals surface area contributed by atoms with E-state index in [1.807, 2.05) is 32.0 Å². The molecule has 0 atom stereocenters. The van der Waals surface area contributed by atoms with Crippen molar-refractivity contribution >= 4 is 11.7 Å². The third-order valence-electron chi connectivity index (χ3n) is 7.31.